The van der Waals surface area contributed by atoms with Crippen LogP contribution in [0, 0.1) is 5.92 Å². The molecule has 2 amide bonds. The predicted octanol–water partition coefficient (Wildman–Crippen LogP) is 3.21. The van der Waals surface area contributed by atoms with Crippen LogP contribution >= 0.6 is 0 Å². The molecule has 2 aromatic rings. The van der Waals surface area contributed by atoms with Crippen LogP contribution in [0.3, 0.4) is 0 Å². The summed E-state index contributed by atoms with van der Waals surface area (Å²) in [5, 5.41) is 0. The zero-order valence-corrected chi connectivity index (χ0v) is 15.8. The highest BCUT2D eigenvalue weighted by Gasteiger charge is 2.27. The maximum Gasteiger partial charge on any atom is 0.337 e. The number of carbonyl (C=O) groups is 3. The summed E-state index contributed by atoms with van der Waals surface area (Å²) in [5.74, 6) is -0.657. The highest BCUT2D eigenvalue weighted by molar-refractivity contribution is 5.97. The number of carbonyl (C=O) groups excluding carboxylic acids is 3. The van der Waals surface area contributed by atoms with Crippen LogP contribution in [0.5, 0.6) is 0 Å². The summed E-state index contributed by atoms with van der Waals surface area (Å²) in [6.45, 7) is 0. The number of benzene rings is 2. The fourth-order valence-corrected chi connectivity index (χ4v) is 3.58. The number of nitrogens with one attached hydrogen (secondary N) is 2. The van der Waals surface area contributed by atoms with Gasteiger partial charge in [0.25, 0.3) is 5.91 Å². The first-order chi connectivity index (χ1) is 13.6. The largest absolute Gasteiger partial charge is 0.465 e. The number of ether oxygens (including phenoxy) is 1. The highest BCUT2D eigenvalue weighted by atomic mass is 16.5. The van der Waals surface area contributed by atoms with Gasteiger partial charge in [0.15, 0.2) is 0 Å². The van der Waals surface area contributed by atoms with Crippen LogP contribution in [0.4, 0.5) is 0 Å². The Kier molecular flexibility index (Phi) is 6.42. The zero-order chi connectivity index (χ0) is 19.9. The molecule has 0 aromatic heterocycles. The topological polar surface area (TPSA) is 84.5 Å². The van der Waals surface area contributed by atoms with Gasteiger partial charge in [-0.3, -0.25) is 20.4 Å². The van der Waals surface area contributed by atoms with Crippen LogP contribution in [0.1, 0.15) is 57.9 Å². The minimum absolute atomic E-state index is 0.0954. The van der Waals surface area contributed by atoms with Gasteiger partial charge in [0, 0.05) is 11.5 Å². The number of amides is 2. The number of rotatable bonds is 4. The van der Waals surface area contributed by atoms with E-state index in [-0.39, 0.29) is 11.8 Å². The van der Waals surface area contributed by atoms with Crippen molar-refractivity contribution in [3.63, 3.8) is 0 Å². The number of esters is 1. The molecule has 0 radical (unpaired) electrons. The third-order valence-corrected chi connectivity index (χ3v) is 5.24. The third-order valence-electron chi connectivity index (χ3n) is 5.24. The minimum atomic E-state index is -0.466. The summed E-state index contributed by atoms with van der Waals surface area (Å²) in [5.41, 5.74) is 7.00. The first-order valence-electron chi connectivity index (χ1n) is 9.42. The Bertz CT molecular complexity index is 825. The van der Waals surface area contributed by atoms with Crippen molar-refractivity contribution >= 4 is 17.8 Å². The molecule has 2 aromatic carbocycles. The Labute approximate surface area is 164 Å². The van der Waals surface area contributed by atoms with Crippen molar-refractivity contribution < 1.29 is 19.1 Å². The number of hydrogen-bond acceptors (Lipinski definition) is 4. The average Bonchev–Trinajstić information content (AvgIpc) is 2.77. The molecular weight excluding hydrogens is 356 g/mol. The minimum Gasteiger partial charge on any atom is -0.465 e. The molecular formula is C22H24N2O4. The number of hydrazine groups is 1. The van der Waals surface area contributed by atoms with Gasteiger partial charge in [-0.15, -0.1) is 0 Å². The maximum atomic E-state index is 12.4. The first-order valence-corrected chi connectivity index (χ1v) is 9.42. The lowest BCUT2D eigenvalue weighted by molar-refractivity contribution is -0.126. The Hall–Kier alpha value is -3.15. The molecule has 0 saturated heterocycles. The van der Waals surface area contributed by atoms with Crippen molar-refractivity contribution in [2.45, 2.75) is 31.6 Å². The molecule has 6 nitrogen and oxygen atoms in total. The van der Waals surface area contributed by atoms with E-state index < -0.39 is 11.9 Å². The fraction of sp³-hybridized carbons (Fsp3) is 0.318. The highest BCUT2D eigenvalue weighted by Crippen LogP contribution is 2.35. The maximum absolute atomic E-state index is 12.4. The summed E-state index contributed by atoms with van der Waals surface area (Å²) >= 11 is 0. The molecule has 2 N–H and O–H groups in total. The SMILES string of the molecule is COC(=O)c1ccc(C(=O)NNC(=O)C2CCC(c3ccccc3)CC2)cc1. The van der Waals surface area contributed by atoms with Crippen molar-refractivity contribution in [3.05, 3.63) is 71.3 Å². The van der Waals surface area contributed by atoms with Crippen LogP contribution in [0.25, 0.3) is 0 Å². The molecule has 0 unspecified atom stereocenters. The van der Waals surface area contributed by atoms with Gasteiger partial charge in [0.2, 0.25) is 5.91 Å². The van der Waals surface area contributed by atoms with Crippen molar-refractivity contribution in [1.29, 1.82) is 0 Å². The van der Waals surface area contributed by atoms with Gasteiger partial charge in [-0.1, -0.05) is 30.3 Å². The molecule has 1 saturated carbocycles. The lowest BCUT2D eigenvalue weighted by Gasteiger charge is -2.28. The Morgan fingerprint density at radius 2 is 1.43 bits per heavy atom. The van der Waals surface area contributed by atoms with E-state index in [1.165, 1.54) is 36.9 Å². The van der Waals surface area contributed by atoms with Gasteiger partial charge >= 0.3 is 5.97 Å². The van der Waals surface area contributed by atoms with Crippen LogP contribution in [0.15, 0.2) is 54.6 Å². The summed E-state index contributed by atoms with van der Waals surface area (Å²) in [7, 11) is 1.30. The molecule has 1 aliphatic rings. The molecule has 146 valence electrons. The molecule has 0 heterocycles. The van der Waals surface area contributed by atoms with E-state index in [9.17, 15) is 14.4 Å². The molecule has 0 aliphatic heterocycles. The van der Waals surface area contributed by atoms with Gasteiger partial charge in [-0.05, 0) is 61.4 Å². The molecule has 1 fully saturated rings. The van der Waals surface area contributed by atoms with Crippen molar-refractivity contribution in [1.82, 2.24) is 10.9 Å². The number of methoxy groups -OCH3 is 1. The molecule has 1 aliphatic carbocycles. The predicted molar refractivity (Wildman–Crippen MR) is 105 cm³/mol. The first kappa shape index (κ1) is 19.6. The van der Waals surface area contributed by atoms with E-state index in [4.69, 9.17) is 0 Å². The lowest BCUT2D eigenvalue weighted by atomic mass is 9.78. The second-order valence-corrected chi connectivity index (χ2v) is 6.97. The van der Waals surface area contributed by atoms with E-state index >= 15 is 0 Å². The molecule has 3 rings (SSSR count). The molecule has 0 spiro atoms. The van der Waals surface area contributed by atoms with Gasteiger partial charge in [0.05, 0.1) is 12.7 Å². The Balaban J connectivity index is 1.46. The second-order valence-electron chi connectivity index (χ2n) is 6.97. The monoisotopic (exact) mass is 380 g/mol. The third kappa shape index (κ3) is 4.76. The van der Waals surface area contributed by atoms with Crippen molar-refractivity contribution in [3.8, 4) is 0 Å². The zero-order valence-electron chi connectivity index (χ0n) is 15.8. The second kappa shape index (κ2) is 9.17. The molecule has 6 heteroatoms. The van der Waals surface area contributed by atoms with E-state index in [0.29, 0.717) is 17.0 Å². The van der Waals surface area contributed by atoms with E-state index in [1.54, 1.807) is 0 Å². The smallest absolute Gasteiger partial charge is 0.337 e. The molecule has 0 atom stereocenters. The Morgan fingerprint density at radius 1 is 0.821 bits per heavy atom. The standard InChI is InChI=1S/C22H24N2O4/c1-28-22(27)19-13-11-18(12-14-19)21(26)24-23-20(25)17-9-7-16(8-10-17)15-5-3-2-4-6-15/h2-6,11-14,16-17H,7-10H2,1H3,(H,23,25)(H,24,26). The summed E-state index contributed by atoms with van der Waals surface area (Å²) < 4.78 is 4.62. The van der Waals surface area contributed by atoms with Gasteiger partial charge in [0.1, 0.15) is 0 Å². The van der Waals surface area contributed by atoms with Gasteiger partial charge < -0.3 is 4.74 Å². The van der Waals surface area contributed by atoms with Crippen molar-refractivity contribution in [2.75, 3.05) is 7.11 Å². The average molecular weight is 380 g/mol. The normalized spacial score (nSPS) is 18.8. The number of hydrogen-bond donors (Lipinski definition) is 2. The quantitative estimate of drug-likeness (QED) is 0.630. The van der Waals surface area contributed by atoms with E-state index in [2.05, 4.69) is 27.7 Å². The van der Waals surface area contributed by atoms with Crippen LogP contribution in [-0.2, 0) is 9.53 Å². The van der Waals surface area contributed by atoms with Crippen LogP contribution in [0.2, 0.25) is 0 Å². The fourth-order valence-electron chi connectivity index (χ4n) is 3.58. The lowest BCUT2D eigenvalue weighted by Crippen LogP contribution is -2.45. The van der Waals surface area contributed by atoms with Gasteiger partial charge in [-0.25, -0.2) is 4.79 Å². The van der Waals surface area contributed by atoms with Crippen molar-refractivity contribution in [2.24, 2.45) is 5.92 Å². The summed E-state index contributed by atoms with van der Waals surface area (Å²) in [6.07, 6.45) is 3.53. The molecule has 28 heavy (non-hydrogen) atoms. The molecule has 0 bridgehead atoms. The summed E-state index contributed by atoms with van der Waals surface area (Å²) in [4.78, 5) is 36.0. The van der Waals surface area contributed by atoms with Crippen LogP contribution < -0.4 is 10.9 Å². The van der Waals surface area contributed by atoms with E-state index in [1.807, 2.05) is 18.2 Å². The van der Waals surface area contributed by atoms with Gasteiger partial charge in [-0.2, -0.15) is 0 Å². The van der Waals surface area contributed by atoms with E-state index in [0.717, 1.165) is 25.7 Å². The Morgan fingerprint density at radius 3 is 2.04 bits per heavy atom. The summed E-state index contributed by atoms with van der Waals surface area (Å²) in [6, 6.07) is 16.4. The van der Waals surface area contributed by atoms with Crippen LogP contribution in [-0.4, -0.2) is 24.9 Å².